The van der Waals surface area contributed by atoms with Crippen LogP contribution >= 0.6 is 15.9 Å². The molecule has 0 unspecified atom stereocenters. The van der Waals surface area contributed by atoms with E-state index in [1.165, 1.54) is 4.68 Å². The van der Waals surface area contributed by atoms with E-state index in [-0.39, 0.29) is 5.56 Å². The second-order valence-corrected chi connectivity index (χ2v) is 5.05. The number of aromatic nitrogens is 4. The highest BCUT2D eigenvalue weighted by Crippen LogP contribution is 2.20. The lowest BCUT2D eigenvalue weighted by Crippen LogP contribution is -2.24. The molecular formula is C12H16BrN5O. The Morgan fingerprint density at radius 1 is 1.47 bits per heavy atom. The topological polar surface area (TPSA) is 64.7 Å². The summed E-state index contributed by atoms with van der Waals surface area (Å²) < 4.78 is 3.63. The average molecular weight is 326 g/mol. The van der Waals surface area contributed by atoms with Gasteiger partial charge in [0.15, 0.2) is 5.82 Å². The molecule has 0 bridgehead atoms. The molecule has 102 valence electrons. The molecule has 2 aromatic rings. The average Bonchev–Trinajstić information content (AvgIpc) is 2.80. The van der Waals surface area contributed by atoms with Crippen molar-refractivity contribution in [3.05, 3.63) is 33.3 Å². The molecule has 0 saturated heterocycles. The Bertz CT molecular complexity index is 619. The molecule has 2 aromatic heterocycles. The highest BCUT2D eigenvalue weighted by Gasteiger charge is 2.09. The fourth-order valence-corrected chi connectivity index (χ4v) is 2.05. The zero-order valence-corrected chi connectivity index (χ0v) is 12.5. The van der Waals surface area contributed by atoms with Crippen LogP contribution in [-0.4, -0.2) is 19.6 Å². The van der Waals surface area contributed by atoms with Gasteiger partial charge < -0.3 is 5.32 Å². The van der Waals surface area contributed by atoms with E-state index in [1.54, 1.807) is 10.9 Å². The first-order valence-electron chi connectivity index (χ1n) is 6.14. The summed E-state index contributed by atoms with van der Waals surface area (Å²) >= 11 is 3.32. The third-order valence-electron chi connectivity index (χ3n) is 2.68. The van der Waals surface area contributed by atoms with Gasteiger partial charge in [-0.2, -0.15) is 10.2 Å². The molecule has 0 amide bonds. The molecule has 1 N–H and O–H groups in total. The third kappa shape index (κ3) is 3.23. The van der Waals surface area contributed by atoms with Gasteiger partial charge in [0.05, 0.1) is 11.9 Å². The van der Waals surface area contributed by atoms with Crippen LogP contribution < -0.4 is 10.9 Å². The number of aryl methyl sites for hydroxylation is 2. The molecule has 7 heteroatoms. The van der Waals surface area contributed by atoms with Crippen LogP contribution in [0.2, 0.25) is 0 Å². The van der Waals surface area contributed by atoms with Crippen LogP contribution in [0.15, 0.2) is 27.7 Å². The van der Waals surface area contributed by atoms with E-state index in [1.807, 2.05) is 19.3 Å². The minimum Gasteiger partial charge on any atom is -0.336 e. The predicted octanol–water partition coefficient (Wildman–Crippen LogP) is 2.28. The summed E-state index contributed by atoms with van der Waals surface area (Å²) in [5.41, 5.74) is 0.492. The van der Waals surface area contributed by atoms with E-state index < -0.39 is 0 Å². The quantitative estimate of drug-likeness (QED) is 0.915. The molecule has 0 aliphatic rings. The summed E-state index contributed by atoms with van der Waals surface area (Å²) in [6.07, 6.45) is 5.42. The van der Waals surface area contributed by atoms with Crippen molar-refractivity contribution in [1.29, 1.82) is 0 Å². The summed E-state index contributed by atoms with van der Waals surface area (Å²) in [5, 5.41) is 11.4. The first-order valence-corrected chi connectivity index (χ1v) is 6.93. The predicted molar refractivity (Wildman–Crippen MR) is 77.6 cm³/mol. The van der Waals surface area contributed by atoms with Crippen molar-refractivity contribution >= 4 is 27.4 Å². The first-order chi connectivity index (χ1) is 9.11. The van der Waals surface area contributed by atoms with Crippen LogP contribution in [0.1, 0.15) is 19.8 Å². The largest absolute Gasteiger partial charge is 0.336 e. The molecule has 6 nitrogen and oxygen atoms in total. The van der Waals surface area contributed by atoms with Crippen LogP contribution in [-0.2, 0) is 13.6 Å². The van der Waals surface area contributed by atoms with Crippen molar-refractivity contribution in [3.8, 4) is 0 Å². The van der Waals surface area contributed by atoms with Crippen LogP contribution in [0.25, 0.3) is 0 Å². The highest BCUT2D eigenvalue weighted by atomic mass is 79.9. The summed E-state index contributed by atoms with van der Waals surface area (Å²) in [6.45, 7) is 2.72. The molecule has 2 rings (SSSR count). The maximum Gasteiger partial charge on any atom is 0.283 e. The molecular weight excluding hydrogens is 310 g/mol. The van der Waals surface area contributed by atoms with Gasteiger partial charge in [-0.05, 0) is 22.4 Å². The van der Waals surface area contributed by atoms with E-state index >= 15 is 0 Å². The Kier molecular flexibility index (Phi) is 4.36. The molecule has 2 heterocycles. The lowest BCUT2D eigenvalue weighted by molar-refractivity contribution is 0.541. The second-order valence-electron chi connectivity index (χ2n) is 4.25. The van der Waals surface area contributed by atoms with Gasteiger partial charge in [-0.3, -0.25) is 9.48 Å². The van der Waals surface area contributed by atoms with Crippen molar-refractivity contribution in [3.63, 3.8) is 0 Å². The van der Waals surface area contributed by atoms with Gasteiger partial charge in [0.25, 0.3) is 5.56 Å². The standard InChI is InChI=1S/C12H16BrN5O/c1-3-4-6-18-12(19)11(13)9(8-14-18)15-10-5-7-17(2)16-10/h5,7-8H,3-4,6H2,1-2H3,(H,15,16). The third-order valence-corrected chi connectivity index (χ3v) is 3.45. The van der Waals surface area contributed by atoms with Crippen LogP contribution in [0.5, 0.6) is 0 Å². The van der Waals surface area contributed by atoms with Gasteiger partial charge in [0.1, 0.15) is 4.47 Å². The molecule has 0 atom stereocenters. The number of hydrogen-bond donors (Lipinski definition) is 1. The minimum atomic E-state index is -0.130. The molecule has 19 heavy (non-hydrogen) atoms. The first kappa shape index (κ1) is 13.8. The van der Waals surface area contributed by atoms with E-state index in [9.17, 15) is 4.79 Å². The minimum absolute atomic E-state index is 0.130. The Balaban J connectivity index is 2.23. The lowest BCUT2D eigenvalue weighted by atomic mass is 10.3. The molecule has 0 spiro atoms. The van der Waals surface area contributed by atoms with Gasteiger partial charge in [-0.1, -0.05) is 13.3 Å². The number of halogens is 1. The monoisotopic (exact) mass is 325 g/mol. The van der Waals surface area contributed by atoms with Gasteiger partial charge >= 0.3 is 0 Å². The van der Waals surface area contributed by atoms with Gasteiger partial charge in [0.2, 0.25) is 0 Å². The van der Waals surface area contributed by atoms with E-state index in [0.29, 0.717) is 22.5 Å². The fraction of sp³-hybridized carbons (Fsp3) is 0.417. The fourth-order valence-electron chi connectivity index (χ4n) is 1.64. The summed E-state index contributed by atoms with van der Waals surface area (Å²) in [5.74, 6) is 0.677. The van der Waals surface area contributed by atoms with Crippen LogP contribution in [0, 0.1) is 0 Å². The van der Waals surface area contributed by atoms with Gasteiger partial charge in [-0.15, -0.1) is 0 Å². The van der Waals surface area contributed by atoms with Crippen molar-refractivity contribution in [2.75, 3.05) is 5.32 Å². The maximum atomic E-state index is 12.1. The zero-order chi connectivity index (χ0) is 13.8. The van der Waals surface area contributed by atoms with Gasteiger partial charge in [0, 0.05) is 25.9 Å². The smallest absolute Gasteiger partial charge is 0.283 e. The van der Waals surface area contributed by atoms with Crippen LogP contribution in [0.4, 0.5) is 11.5 Å². The maximum absolute atomic E-state index is 12.1. The van der Waals surface area contributed by atoms with Crippen molar-refractivity contribution in [2.45, 2.75) is 26.3 Å². The summed E-state index contributed by atoms with van der Waals surface area (Å²) in [4.78, 5) is 12.1. The Morgan fingerprint density at radius 3 is 2.89 bits per heavy atom. The number of hydrogen-bond acceptors (Lipinski definition) is 4. The summed E-state index contributed by atoms with van der Waals surface area (Å²) in [7, 11) is 1.83. The number of anilines is 2. The highest BCUT2D eigenvalue weighted by molar-refractivity contribution is 9.10. The van der Waals surface area contributed by atoms with E-state index in [0.717, 1.165) is 12.8 Å². The molecule has 0 fully saturated rings. The Hall–Kier alpha value is -1.63. The zero-order valence-electron chi connectivity index (χ0n) is 10.9. The number of rotatable bonds is 5. The number of nitrogens with one attached hydrogen (secondary N) is 1. The Labute approximate surface area is 119 Å². The van der Waals surface area contributed by atoms with Gasteiger partial charge in [-0.25, -0.2) is 4.68 Å². The molecule has 0 aliphatic carbocycles. The van der Waals surface area contributed by atoms with Crippen LogP contribution in [0.3, 0.4) is 0 Å². The van der Waals surface area contributed by atoms with E-state index in [2.05, 4.69) is 38.4 Å². The van der Waals surface area contributed by atoms with E-state index in [4.69, 9.17) is 0 Å². The normalized spacial score (nSPS) is 10.7. The van der Waals surface area contributed by atoms with Crippen molar-refractivity contribution < 1.29 is 0 Å². The van der Waals surface area contributed by atoms with Crippen molar-refractivity contribution in [1.82, 2.24) is 19.6 Å². The molecule has 0 radical (unpaired) electrons. The van der Waals surface area contributed by atoms with Crippen molar-refractivity contribution in [2.24, 2.45) is 7.05 Å². The number of nitrogens with zero attached hydrogens (tertiary/aromatic N) is 4. The lowest BCUT2D eigenvalue weighted by Gasteiger charge is -2.08. The molecule has 0 aromatic carbocycles. The Morgan fingerprint density at radius 2 is 2.26 bits per heavy atom. The second kappa shape index (κ2) is 6.01. The SMILES string of the molecule is CCCCn1ncc(Nc2ccn(C)n2)c(Br)c1=O. The molecule has 0 aliphatic heterocycles. The summed E-state index contributed by atoms with van der Waals surface area (Å²) in [6, 6.07) is 1.83. The number of unbranched alkanes of at least 4 members (excludes halogenated alkanes) is 1. The molecule has 0 saturated carbocycles.